The summed E-state index contributed by atoms with van der Waals surface area (Å²) < 4.78 is 0. The van der Waals surface area contributed by atoms with Gasteiger partial charge in [-0.1, -0.05) is 24.3 Å². The molecule has 90 valence electrons. The predicted octanol–water partition coefficient (Wildman–Crippen LogP) is 2.01. The number of rotatable bonds is 3. The van der Waals surface area contributed by atoms with Gasteiger partial charge in [-0.25, -0.2) is 4.79 Å². The van der Waals surface area contributed by atoms with E-state index in [1.165, 1.54) is 5.56 Å². The highest BCUT2D eigenvalue weighted by atomic mass is 16.4. The molecule has 3 nitrogen and oxygen atoms in total. The summed E-state index contributed by atoms with van der Waals surface area (Å²) in [5.41, 5.74) is 1.42. The smallest absolute Gasteiger partial charge is 0.328 e. The van der Waals surface area contributed by atoms with Crippen LogP contribution < -0.4 is 0 Å². The standard InChI is InChI=1S/C14H17NO2/c1-15(11-6-7-11)14(13(16)17)9-8-10-4-2-3-5-12(10)14/h2-5,11H,6-9H2,1H3,(H,16,17). The molecule has 1 fully saturated rings. The summed E-state index contributed by atoms with van der Waals surface area (Å²) in [5.74, 6) is -0.697. The summed E-state index contributed by atoms with van der Waals surface area (Å²) >= 11 is 0. The fraction of sp³-hybridized carbons (Fsp3) is 0.500. The van der Waals surface area contributed by atoms with Crippen molar-refractivity contribution in [2.24, 2.45) is 0 Å². The molecule has 0 aromatic heterocycles. The van der Waals surface area contributed by atoms with Gasteiger partial charge in [-0.2, -0.15) is 0 Å². The second-order valence-electron chi connectivity index (χ2n) is 5.16. The minimum atomic E-state index is -0.780. The van der Waals surface area contributed by atoms with Gasteiger partial charge in [0.1, 0.15) is 5.54 Å². The number of carboxylic acid groups (broad SMARTS) is 1. The summed E-state index contributed by atoms with van der Waals surface area (Å²) in [7, 11) is 1.97. The number of carbonyl (C=O) groups is 1. The van der Waals surface area contributed by atoms with Crippen LogP contribution >= 0.6 is 0 Å². The number of hydrogen-bond donors (Lipinski definition) is 1. The summed E-state index contributed by atoms with van der Waals surface area (Å²) in [5, 5.41) is 9.72. The largest absolute Gasteiger partial charge is 0.480 e. The first-order chi connectivity index (χ1) is 8.16. The van der Waals surface area contributed by atoms with Crippen LogP contribution in [0.4, 0.5) is 0 Å². The number of benzene rings is 1. The Morgan fingerprint density at radius 2 is 2.12 bits per heavy atom. The lowest BCUT2D eigenvalue weighted by Gasteiger charge is -2.36. The third kappa shape index (κ3) is 1.42. The van der Waals surface area contributed by atoms with Crippen molar-refractivity contribution in [1.82, 2.24) is 4.90 Å². The van der Waals surface area contributed by atoms with Crippen molar-refractivity contribution >= 4 is 5.97 Å². The van der Waals surface area contributed by atoms with Crippen molar-refractivity contribution in [2.45, 2.75) is 37.3 Å². The molecule has 0 amide bonds. The van der Waals surface area contributed by atoms with Crippen molar-refractivity contribution in [2.75, 3.05) is 7.05 Å². The average molecular weight is 231 g/mol. The van der Waals surface area contributed by atoms with Gasteiger partial charge in [0, 0.05) is 6.04 Å². The first-order valence-electron chi connectivity index (χ1n) is 6.21. The topological polar surface area (TPSA) is 40.5 Å². The molecule has 1 aromatic rings. The van der Waals surface area contributed by atoms with Gasteiger partial charge < -0.3 is 5.11 Å². The quantitative estimate of drug-likeness (QED) is 0.865. The fourth-order valence-corrected chi connectivity index (χ4v) is 3.10. The van der Waals surface area contributed by atoms with Crippen LogP contribution in [0.3, 0.4) is 0 Å². The van der Waals surface area contributed by atoms with Crippen LogP contribution in [0.25, 0.3) is 0 Å². The monoisotopic (exact) mass is 231 g/mol. The minimum absolute atomic E-state index is 0.456. The van der Waals surface area contributed by atoms with Crippen molar-refractivity contribution in [3.8, 4) is 0 Å². The Hall–Kier alpha value is -1.35. The Kier molecular flexibility index (Phi) is 2.26. The lowest BCUT2D eigenvalue weighted by molar-refractivity contribution is -0.152. The van der Waals surface area contributed by atoms with Crippen LogP contribution in [-0.4, -0.2) is 29.1 Å². The van der Waals surface area contributed by atoms with Crippen molar-refractivity contribution < 1.29 is 9.90 Å². The maximum atomic E-state index is 11.8. The molecule has 17 heavy (non-hydrogen) atoms. The van der Waals surface area contributed by atoms with Crippen LogP contribution in [0.2, 0.25) is 0 Å². The number of likely N-dealkylation sites (N-methyl/N-ethyl adjacent to an activating group) is 1. The van der Waals surface area contributed by atoms with Crippen LogP contribution in [0.5, 0.6) is 0 Å². The highest BCUT2D eigenvalue weighted by molar-refractivity contribution is 5.82. The molecule has 3 heteroatoms. The number of aliphatic carboxylic acids is 1. The van der Waals surface area contributed by atoms with Crippen LogP contribution in [-0.2, 0) is 16.8 Å². The Balaban J connectivity index is 2.10. The van der Waals surface area contributed by atoms with E-state index in [1.807, 2.05) is 25.2 Å². The molecule has 0 aliphatic heterocycles. The summed E-state index contributed by atoms with van der Waals surface area (Å²) in [6, 6.07) is 8.43. The Morgan fingerprint density at radius 1 is 1.41 bits per heavy atom. The lowest BCUT2D eigenvalue weighted by Crippen LogP contribution is -2.49. The van der Waals surface area contributed by atoms with Gasteiger partial charge in [0.2, 0.25) is 0 Å². The minimum Gasteiger partial charge on any atom is -0.480 e. The molecule has 1 N–H and O–H groups in total. The molecular weight excluding hydrogens is 214 g/mol. The van der Waals surface area contributed by atoms with Gasteiger partial charge in [0.05, 0.1) is 0 Å². The first-order valence-corrected chi connectivity index (χ1v) is 6.21. The van der Waals surface area contributed by atoms with Crippen molar-refractivity contribution in [3.63, 3.8) is 0 Å². The number of fused-ring (bicyclic) bond motifs is 1. The van der Waals surface area contributed by atoms with Gasteiger partial charge in [0.15, 0.2) is 0 Å². The van der Waals surface area contributed by atoms with E-state index in [1.54, 1.807) is 0 Å². The Bertz CT molecular complexity index is 467. The van der Waals surface area contributed by atoms with Gasteiger partial charge in [-0.15, -0.1) is 0 Å². The molecule has 1 atom stereocenters. The normalized spacial score (nSPS) is 27.2. The molecule has 1 unspecified atom stereocenters. The molecule has 2 aliphatic carbocycles. The number of aryl methyl sites for hydroxylation is 1. The number of hydrogen-bond acceptors (Lipinski definition) is 2. The summed E-state index contributed by atoms with van der Waals surface area (Å²) in [6.07, 6.45) is 3.84. The molecule has 0 heterocycles. The number of carboxylic acids is 1. The van der Waals surface area contributed by atoms with Gasteiger partial charge in [-0.05, 0) is 43.9 Å². The van der Waals surface area contributed by atoms with Gasteiger partial charge in [0.25, 0.3) is 0 Å². The summed E-state index contributed by atoms with van der Waals surface area (Å²) in [6.45, 7) is 0. The lowest BCUT2D eigenvalue weighted by atomic mass is 9.90. The van der Waals surface area contributed by atoms with E-state index in [0.29, 0.717) is 12.5 Å². The highest BCUT2D eigenvalue weighted by Crippen LogP contribution is 2.45. The molecule has 2 aliphatic rings. The zero-order chi connectivity index (χ0) is 12.0. The van der Waals surface area contributed by atoms with Crippen LogP contribution in [0.15, 0.2) is 24.3 Å². The van der Waals surface area contributed by atoms with E-state index in [-0.39, 0.29) is 0 Å². The van der Waals surface area contributed by atoms with E-state index < -0.39 is 11.5 Å². The molecule has 1 saturated carbocycles. The van der Waals surface area contributed by atoms with E-state index >= 15 is 0 Å². The zero-order valence-electron chi connectivity index (χ0n) is 10.0. The van der Waals surface area contributed by atoms with Crippen LogP contribution in [0.1, 0.15) is 30.4 Å². The highest BCUT2D eigenvalue weighted by Gasteiger charge is 2.52. The second kappa shape index (κ2) is 3.57. The third-order valence-corrected chi connectivity index (χ3v) is 4.27. The molecule has 1 aromatic carbocycles. The number of nitrogens with zero attached hydrogens (tertiary/aromatic N) is 1. The van der Waals surface area contributed by atoms with E-state index in [9.17, 15) is 9.90 Å². The Labute approximate surface area is 101 Å². The first kappa shape index (κ1) is 10.8. The van der Waals surface area contributed by atoms with Crippen molar-refractivity contribution in [1.29, 1.82) is 0 Å². The molecule has 0 bridgehead atoms. The van der Waals surface area contributed by atoms with E-state index in [0.717, 1.165) is 24.8 Å². The molecule has 0 saturated heterocycles. The fourth-order valence-electron chi connectivity index (χ4n) is 3.10. The maximum absolute atomic E-state index is 11.8. The SMILES string of the molecule is CN(C1CC1)C1(C(=O)O)CCc2ccccc21. The zero-order valence-corrected chi connectivity index (χ0v) is 10.0. The molecular formula is C14H17NO2. The van der Waals surface area contributed by atoms with E-state index in [2.05, 4.69) is 11.0 Å². The van der Waals surface area contributed by atoms with Crippen LogP contribution in [0, 0.1) is 0 Å². The maximum Gasteiger partial charge on any atom is 0.328 e. The third-order valence-electron chi connectivity index (χ3n) is 4.27. The summed E-state index contributed by atoms with van der Waals surface area (Å²) in [4.78, 5) is 13.9. The molecule has 0 radical (unpaired) electrons. The average Bonchev–Trinajstić information content (AvgIpc) is 3.09. The van der Waals surface area contributed by atoms with Gasteiger partial charge in [-0.3, -0.25) is 4.90 Å². The predicted molar refractivity (Wildman–Crippen MR) is 64.9 cm³/mol. The molecule has 3 rings (SSSR count). The second-order valence-corrected chi connectivity index (χ2v) is 5.16. The molecule has 0 spiro atoms. The Morgan fingerprint density at radius 3 is 2.76 bits per heavy atom. The van der Waals surface area contributed by atoms with E-state index in [4.69, 9.17) is 0 Å². The van der Waals surface area contributed by atoms with Crippen molar-refractivity contribution in [3.05, 3.63) is 35.4 Å². The van der Waals surface area contributed by atoms with Gasteiger partial charge >= 0.3 is 5.97 Å².